The molecule has 1 atom stereocenters. The van der Waals surface area contributed by atoms with Crippen molar-refractivity contribution < 1.29 is 19.4 Å². The number of hydrogen-bond donors (Lipinski definition) is 3. The molecule has 9 heteroatoms. The number of amides is 1. The van der Waals surface area contributed by atoms with Gasteiger partial charge in [0.05, 0.1) is 25.5 Å². The van der Waals surface area contributed by atoms with Crippen LogP contribution in [0.15, 0.2) is 84.1 Å². The summed E-state index contributed by atoms with van der Waals surface area (Å²) < 4.78 is 12.3. The maximum absolute atomic E-state index is 13.7. The molecule has 0 aliphatic carbocycles. The smallest absolute Gasteiger partial charge is 0.255 e. The van der Waals surface area contributed by atoms with E-state index in [9.17, 15) is 9.90 Å². The van der Waals surface area contributed by atoms with Crippen molar-refractivity contribution in [1.82, 2.24) is 14.8 Å². The Morgan fingerprint density at radius 2 is 1.72 bits per heavy atom. The third kappa shape index (κ3) is 4.22. The number of fused-ring (bicyclic) bond motifs is 1. The molecular formula is C27H25N5O4. The number of para-hydroxylation sites is 2. The highest BCUT2D eigenvalue weighted by atomic mass is 16.5. The first-order chi connectivity index (χ1) is 17.5. The quantitative estimate of drug-likeness (QED) is 0.368. The van der Waals surface area contributed by atoms with Crippen LogP contribution in [0.4, 0.5) is 11.6 Å². The minimum absolute atomic E-state index is 0.131. The summed E-state index contributed by atoms with van der Waals surface area (Å²) in [6, 6.07) is 20.8. The molecule has 0 radical (unpaired) electrons. The first-order valence-electron chi connectivity index (χ1n) is 11.3. The average molecular weight is 484 g/mol. The maximum atomic E-state index is 13.7. The molecule has 1 aromatic heterocycles. The van der Waals surface area contributed by atoms with E-state index >= 15 is 0 Å². The SMILES string of the molecule is COc1ccc(-c2nc3n(n2)C(c2ccc(O)cc2)C(C(=O)Nc2ccccc2OC)=C(C)N3)cc1. The number of nitrogens with zero attached hydrogens (tertiary/aromatic N) is 3. The lowest BCUT2D eigenvalue weighted by atomic mass is 9.95. The fourth-order valence-electron chi connectivity index (χ4n) is 4.21. The van der Waals surface area contributed by atoms with Gasteiger partial charge < -0.3 is 25.2 Å². The molecule has 36 heavy (non-hydrogen) atoms. The molecule has 3 N–H and O–H groups in total. The number of hydrogen-bond acceptors (Lipinski definition) is 7. The standard InChI is InChI=1S/C27H25N5O4/c1-16-23(26(34)29-21-6-4-5-7-22(21)36-3)24(17-8-12-19(33)13-9-17)32-27(28-16)30-25(31-32)18-10-14-20(35-2)15-11-18/h4-15,24,33H,1-3H3,(H,29,34)(H,28,30,31). The number of allylic oxidation sites excluding steroid dienone is 1. The Morgan fingerprint density at radius 3 is 2.42 bits per heavy atom. The van der Waals surface area contributed by atoms with Crippen LogP contribution in [0.1, 0.15) is 18.5 Å². The number of anilines is 2. The number of aromatic hydroxyl groups is 1. The molecule has 1 aliphatic heterocycles. The number of ether oxygens (including phenoxy) is 2. The summed E-state index contributed by atoms with van der Waals surface area (Å²) in [5.41, 5.74) is 3.23. The van der Waals surface area contributed by atoms with Crippen molar-refractivity contribution in [3.05, 3.63) is 89.6 Å². The van der Waals surface area contributed by atoms with Crippen LogP contribution in [-0.4, -0.2) is 40.0 Å². The van der Waals surface area contributed by atoms with Gasteiger partial charge in [0.15, 0.2) is 5.82 Å². The van der Waals surface area contributed by atoms with Crippen molar-refractivity contribution in [2.75, 3.05) is 24.9 Å². The fourth-order valence-corrected chi connectivity index (χ4v) is 4.21. The first-order valence-corrected chi connectivity index (χ1v) is 11.3. The number of benzene rings is 3. The van der Waals surface area contributed by atoms with Crippen molar-refractivity contribution in [2.45, 2.75) is 13.0 Å². The normalized spacial score (nSPS) is 14.6. The van der Waals surface area contributed by atoms with Crippen molar-refractivity contribution in [1.29, 1.82) is 0 Å². The predicted octanol–water partition coefficient (Wildman–Crippen LogP) is 4.60. The summed E-state index contributed by atoms with van der Waals surface area (Å²) >= 11 is 0. The third-order valence-electron chi connectivity index (χ3n) is 6.01. The number of carbonyl (C=O) groups is 1. The lowest BCUT2D eigenvalue weighted by Gasteiger charge is -2.28. The van der Waals surface area contributed by atoms with Gasteiger partial charge in [-0.1, -0.05) is 24.3 Å². The van der Waals surface area contributed by atoms with Crippen LogP contribution < -0.4 is 20.1 Å². The van der Waals surface area contributed by atoms with E-state index in [4.69, 9.17) is 19.6 Å². The molecule has 3 aromatic carbocycles. The average Bonchev–Trinajstić information content (AvgIpc) is 3.32. The van der Waals surface area contributed by atoms with Gasteiger partial charge in [0.2, 0.25) is 5.95 Å². The highest BCUT2D eigenvalue weighted by molar-refractivity contribution is 6.06. The second kappa shape index (κ2) is 9.46. The maximum Gasteiger partial charge on any atom is 0.255 e. The highest BCUT2D eigenvalue weighted by Crippen LogP contribution is 2.38. The van der Waals surface area contributed by atoms with E-state index in [2.05, 4.69) is 10.6 Å². The summed E-state index contributed by atoms with van der Waals surface area (Å²) in [5.74, 6) is 2.11. The Kier molecular flexibility index (Phi) is 6.03. The van der Waals surface area contributed by atoms with Gasteiger partial charge in [-0.2, -0.15) is 4.98 Å². The number of rotatable bonds is 6. The molecule has 1 unspecified atom stereocenters. The second-order valence-corrected chi connectivity index (χ2v) is 8.24. The zero-order valence-corrected chi connectivity index (χ0v) is 20.0. The van der Waals surface area contributed by atoms with Crippen molar-refractivity contribution in [3.8, 4) is 28.6 Å². The van der Waals surface area contributed by atoms with Crippen LogP contribution in [0.5, 0.6) is 17.2 Å². The molecule has 182 valence electrons. The van der Waals surface area contributed by atoms with Crippen molar-refractivity contribution >= 4 is 17.5 Å². The van der Waals surface area contributed by atoms with Crippen LogP contribution >= 0.6 is 0 Å². The zero-order chi connectivity index (χ0) is 25.2. The van der Waals surface area contributed by atoms with Gasteiger partial charge in [0.1, 0.15) is 23.3 Å². The summed E-state index contributed by atoms with van der Waals surface area (Å²) in [5, 5.41) is 20.8. The van der Waals surface area contributed by atoms with E-state index < -0.39 is 6.04 Å². The molecule has 0 fully saturated rings. The van der Waals surface area contributed by atoms with Crippen LogP contribution in [0.25, 0.3) is 11.4 Å². The van der Waals surface area contributed by atoms with Crippen LogP contribution in [0.2, 0.25) is 0 Å². The minimum Gasteiger partial charge on any atom is -0.508 e. The fraction of sp³-hybridized carbons (Fsp3) is 0.148. The van der Waals surface area contributed by atoms with Crippen molar-refractivity contribution in [3.63, 3.8) is 0 Å². The molecule has 4 aromatic rings. The van der Waals surface area contributed by atoms with Gasteiger partial charge in [-0.25, -0.2) is 4.68 Å². The lowest BCUT2D eigenvalue weighted by Crippen LogP contribution is -2.31. The van der Waals surface area contributed by atoms with E-state index in [1.165, 1.54) is 0 Å². The van der Waals surface area contributed by atoms with E-state index in [0.717, 1.165) is 16.9 Å². The van der Waals surface area contributed by atoms with E-state index in [1.807, 2.05) is 43.3 Å². The molecule has 9 nitrogen and oxygen atoms in total. The van der Waals surface area contributed by atoms with Gasteiger partial charge in [0.25, 0.3) is 5.91 Å². The van der Waals surface area contributed by atoms with Gasteiger partial charge in [-0.05, 0) is 61.0 Å². The zero-order valence-electron chi connectivity index (χ0n) is 20.0. The molecule has 0 saturated carbocycles. The summed E-state index contributed by atoms with van der Waals surface area (Å²) in [7, 11) is 3.17. The summed E-state index contributed by atoms with van der Waals surface area (Å²) in [6.45, 7) is 1.83. The summed E-state index contributed by atoms with van der Waals surface area (Å²) in [6.07, 6.45) is 0. The number of methoxy groups -OCH3 is 2. The first kappa shape index (κ1) is 23.0. The number of phenolic OH excluding ortho intramolecular Hbond substituents is 1. The number of carbonyl (C=O) groups excluding carboxylic acids is 1. The van der Waals surface area contributed by atoms with Gasteiger partial charge in [-0.15, -0.1) is 5.10 Å². The van der Waals surface area contributed by atoms with Crippen molar-refractivity contribution in [2.24, 2.45) is 0 Å². The van der Waals surface area contributed by atoms with Gasteiger partial charge >= 0.3 is 0 Å². The molecule has 0 saturated heterocycles. The summed E-state index contributed by atoms with van der Waals surface area (Å²) in [4.78, 5) is 18.4. The third-order valence-corrected chi connectivity index (χ3v) is 6.01. The second-order valence-electron chi connectivity index (χ2n) is 8.24. The monoisotopic (exact) mass is 483 g/mol. The Hall–Kier alpha value is -4.79. The lowest BCUT2D eigenvalue weighted by molar-refractivity contribution is -0.113. The number of phenols is 1. The Labute approximate surface area is 208 Å². The number of nitrogens with one attached hydrogen (secondary N) is 2. The topological polar surface area (TPSA) is 111 Å². The van der Waals surface area contributed by atoms with E-state index in [1.54, 1.807) is 55.3 Å². The van der Waals surface area contributed by atoms with E-state index in [-0.39, 0.29) is 11.7 Å². The molecular weight excluding hydrogens is 458 g/mol. The largest absolute Gasteiger partial charge is 0.508 e. The van der Waals surface area contributed by atoms with Crippen LogP contribution in [-0.2, 0) is 4.79 Å². The molecule has 2 heterocycles. The molecule has 5 rings (SSSR count). The predicted molar refractivity (Wildman–Crippen MR) is 136 cm³/mol. The Morgan fingerprint density at radius 1 is 1.00 bits per heavy atom. The molecule has 0 spiro atoms. The van der Waals surface area contributed by atoms with Gasteiger partial charge in [-0.3, -0.25) is 4.79 Å². The minimum atomic E-state index is -0.587. The highest BCUT2D eigenvalue weighted by Gasteiger charge is 2.34. The van der Waals surface area contributed by atoms with Gasteiger partial charge in [0, 0.05) is 11.3 Å². The number of aromatic nitrogens is 3. The Balaban J connectivity index is 1.58. The molecule has 1 amide bonds. The van der Waals surface area contributed by atoms with E-state index in [0.29, 0.717) is 34.5 Å². The Bertz CT molecular complexity index is 1440. The van der Waals surface area contributed by atoms with Crippen LogP contribution in [0, 0.1) is 0 Å². The molecule has 1 aliphatic rings. The molecule has 0 bridgehead atoms. The van der Waals surface area contributed by atoms with Crippen LogP contribution in [0.3, 0.4) is 0 Å².